The van der Waals surface area contributed by atoms with Crippen molar-refractivity contribution in [2.75, 3.05) is 33.5 Å². The van der Waals surface area contributed by atoms with Crippen LogP contribution in [-0.4, -0.2) is 49.5 Å². The number of hydrogen-bond acceptors (Lipinski definition) is 4. The summed E-state index contributed by atoms with van der Waals surface area (Å²) in [5, 5.41) is 9.29. The summed E-state index contributed by atoms with van der Waals surface area (Å²) < 4.78 is 23.8. The standard InChI is InChI=1S/C13H18FNO3/c1-17-13-3-2-11(14)6-10(13)7-15-4-5-18-9-12(15)8-16/h2-3,6,12,16H,4-5,7-9H2,1H3/t12-/m1/s1. The molecule has 0 amide bonds. The molecule has 0 aliphatic carbocycles. The van der Waals surface area contributed by atoms with Gasteiger partial charge in [0.2, 0.25) is 0 Å². The number of rotatable bonds is 4. The van der Waals surface area contributed by atoms with E-state index in [1.54, 1.807) is 13.2 Å². The molecule has 4 nitrogen and oxygen atoms in total. The Bertz CT molecular complexity index is 400. The van der Waals surface area contributed by atoms with Crippen LogP contribution in [0.3, 0.4) is 0 Å². The van der Waals surface area contributed by atoms with Gasteiger partial charge in [-0.1, -0.05) is 0 Å². The van der Waals surface area contributed by atoms with Gasteiger partial charge in [-0.05, 0) is 18.2 Å². The van der Waals surface area contributed by atoms with E-state index in [1.807, 2.05) is 0 Å². The van der Waals surface area contributed by atoms with Crippen LogP contribution in [0, 0.1) is 5.82 Å². The van der Waals surface area contributed by atoms with Crippen molar-refractivity contribution < 1.29 is 19.0 Å². The Morgan fingerprint density at radius 1 is 1.56 bits per heavy atom. The lowest BCUT2D eigenvalue weighted by atomic mass is 10.1. The Morgan fingerprint density at radius 3 is 3.11 bits per heavy atom. The first kappa shape index (κ1) is 13.3. The van der Waals surface area contributed by atoms with Crippen LogP contribution in [0.15, 0.2) is 18.2 Å². The fourth-order valence-electron chi connectivity index (χ4n) is 2.16. The molecule has 1 aromatic rings. The maximum Gasteiger partial charge on any atom is 0.123 e. The number of benzene rings is 1. The average Bonchev–Trinajstić information content (AvgIpc) is 2.40. The van der Waals surface area contributed by atoms with E-state index in [4.69, 9.17) is 9.47 Å². The zero-order valence-corrected chi connectivity index (χ0v) is 10.4. The fraction of sp³-hybridized carbons (Fsp3) is 0.538. The molecule has 2 rings (SSSR count). The molecular formula is C13H18FNO3. The molecule has 100 valence electrons. The molecule has 1 N–H and O–H groups in total. The van der Waals surface area contributed by atoms with Crippen LogP contribution >= 0.6 is 0 Å². The van der Waals surface area contributed by atoms with E-state index in [2.05, 4.69) is 4.90 Å². The molecule has 1 aliphatic heterocycles. The first-order valence-corrected chi connectivity index (χ1v) is 5.99. The van der Waals surface area contributed by atoms with E-state index in [1.165, 1.54) is 12.1 Å². The highest BCUT2D eigenvalue weighted by molar-refractivity contribution is 5.33. The average molecular weight is 255 g/mol. The third-order valence-electron chi connectivity index (χ3n) is 3.18. The molecule has 1 aliphatic rings. The van der Waals surface area contributed by atoms with E-state index in [0.717, 1.165) is 12.1 Å². The van der Waals surface area contributed by atoms with E-state index < -0.39 is 0 Å². The SMILES string of the molecule is COc1ccc(F)cc1CN1CCOC[C@H]1CO. The van der Waals surface area contributed by atoms with Crippen molar-refractivity contribution in [1.82, 2.24) is 4.90 Å². The van der Waals surface area contributed by atoms with Crippen LogP contribution in [0.2, 0.25) is 0 Å². The van der Waals surface area contributed by atoms with Gasteiger partial charge in [-0.2, -0.15) is 0 Å². The van der Waals surface area contributed by atoms with Crippen LogP contribution in [0.1, 0.15) is 5.56 Å². The number of aliphatic hydroxyl groups is 1. The summed E-state index contributed by atoms with van der Waals surface area (Å²) in [7, 11) is 1.57. The summed E-state index contributed by atoms with van der Waals surface area (Å²) >= 11 is 0. The van der Waals surface area contributed by atoms with Crippen LogP contribution in [-0.2, 0) is 11.3 Å². The molecule has 18 heavy (non-hydrogen) atoms. The van der Waals surface area contributed by atoms with Gasteiger partial charge in [0.05, 0.1) is 33.0 Å². The summed E-state index contributed by atoms with van der Waals surface area (Å²) in [5.41, 5.74) is 0.790. The maximum atomic E-state index is 13.3. The second-order valence-corrected chi connectivity index (χ2v) is 4.34. The van der Waals surface area contributed by atoms with Gasteiger partial charge < -0.3 is 14.6 Å². The topological polar surface area (TPSA) is 41.9 Å². The van der Waals surface area contributed by atoms with Gasteiger partial charge in [0.25, 0.3) is 0 Å². The Morgan fingerprint density at radius 2 is 2.39 bits per heavy atom. The van der Waals surface area contributed by atoms with Crippen molar-refractivity contribution in [2.45, 2.75) is 12.6 Å². The largest absolute Gasteiger partial charge is 0.496 e. The molecule has 0 bridgehead atoms. The molecule has 1 heterocycles. The van der Waals surface area contributed by atoms with Gasteiger partial charge >= 0.3 is 0 Å². The monoisotopic (exact) mass is 255 g/mol. The second-order valence-electron chi connectivity index (χ2n) is 4.34. The van der Waals surface area contributed by atoms with Crippen LogP contribution in [0.25, 0.3) is 0 Å². The van der Waals surface area contributed by atoms with Gasteiger partial charge in [-0.15, -0.1) is 0 Å². The third-order valence-corrected chi connectivity index (χ3v) is 3.18. The van der Waals surface area contributed by atoms with Crippen LogP contribution < -0.4 is 4.74 Å². The Balaban J connectivity index is 2.14. The summed E-state index contributed by atoms with van der Waals surface area (Å²) in [6.45, 7) is 2.46. The van der Waals surface area contributed by atoms with Crippen LogP contribution in [0.4, 0.5) is 4.39 Å². The molecule has 1 fully saturated rings. The molecule has 0 aromatic heterocycles. The number of halogens is 1. The quantitative estimate of drug-likeness (QED) is 0.872. The maximum absolute atomic E-state index is 13.3. The Hall–Kier alpha value is -1.17. The van der Waals surface area contributed by atoms with Gasteiger partial charge in [0.1, 0.15) is 11.6 Å². The highest BCUT2D eigenvalue weighted by Crippen LogP contribution is 2.22. The summed E-state index contributed by atoms with van der Waals surface area (Å²) in [4.78, 5) is 2.08. The predicted octanol–water partition coefficient (Wildman–Crippen LogP) is 1.03. The zero-order valence-electron chi connectivity index (χ0n) is 10.4. The smallest absolute Gasteiger partial charge is 0.123 e. The molecular weight excluding hydrogens is 237 g/mol. The second kappa shape index (κ2) is 6.13. The van der Waals surface area contributed by atoms with Crippen molar-refractivity contribution in [1.29, 1.82) is 0 Å². The summed E-state index contributed by atoms with van der Waals surface area (Å²) in [6, 6.07) is 4.44. The van der Waals surface area contributed by atoms with E-state index in [0.29, 0.717) is 25.5 Å². The van der Waals surface area contributed by atoms with E-state index in [-0.39, 0.29) is 18.5 Å². The first-order chi connectivity index (χ1) is 8.74. The van der Waals surface area contributed by atoms with Crippen molar-refractivity contribution in [3.05, 3.63) is 29.6 Å². The minimum absolute atomic E-state index is 0.0354. The molecule has 0 spiro atoms. The summed E-state index contributed by atoms with van der Waals surface area (Å²) in [5.74, 6) is 0.388. The van der Waals surface area contributed by atoms with Gasteiger partial charge in [0.15, 0.2) is 0 Å². The normalized spacial score (nSPS) is 20.9. The number of nitrogens with zero attached hydrogens (tertiary/aromatic N) is 1. The Kier molecular flexibility index (Phi) is 4.52. The fourth-order valence-corrected chi connectivity index (χ4v) is 2.16. The zero-order chi connectivity index (χ0) is 13.0. The number of morpholine rings is 1. The minimum Gasteiger partial charge on any atom is -0.496 e. The molecule has 0 saturated carbocycles. The van der Waals surface area contributed by atoms with E-state index in [9.17, 15) is 9.50 Å². The minimum atomic E-state index is -0.278. The lowest BCUT2D eigenvalue weighted by molar-refractivity contribution is -0.0315. The lowest BCUT2D eigenvalue weighted by Crippen LogP contribution is -2.46. The molecule has 1 aromatic carbocycles. The van der Waals surface area contributed by atoms with Gasteiger partial charge in [-0.3, -0.25) is 4.90 Å². The van der Waals surface area contributed by atoms with E-state index >= 15 is 0 Å². The third kappa shape index (κ3) is 2.98. The Labute approximate surface area is 106 Å². The molecule has 5 heteroatoms. The number of hydrogen-bond donors (Lipinski definition) is 1. The number of aliphatic hydroxyl groups excluding tert-OH is 1. The highest BCUT2D eigenvalue weighted by atomic mass is 19.1. The van der Waals surface area contributed by atoms with Crippen molar-refractivity contribution >= 4 is 0 Å². The summed E-state index contributed by atoms with van der Waals surface area (Å²) in [6.07, 6.45) is 0. The molecule has 0 unspecified atom stereocenters. The predicted molar refractivity (Wildman–Crippen MR) is 65.1 cm³/mol. The molecule has 0 radical (unpaired) electrons. The van der Waals surface area contributed by atoms with Crippen molar-refractivity contribution in [3.63, 3.8) is 0 Å². The first-order valence-electron chi connectivity index (χ1n) is 5.99. The van der Waals surface area contributed by atoms with Gasteiger partial charge in [0, 0.05) is 18.7 Å². The van der Waals surface area contributed by atoms with Crippen molar-refractivity contribution in [3.8, 4) is 5.75 Å². The van der Waals surface area contributed by atoms with Crippen LogP contribution in [0.5, 0.6) is 5.75 Å². The van der Waals surface area contributed by atoms with Crippen molar-refractivity contribution in [2.24, 2.45) is 0 Å². The molecule has 1 saturated heterocycles. The lowest BCUT2D eigenvalue weighted by Gasteiger charge is -2.34. The van der Waals surface area contributed by atoms with Gasteiger partial charge in [-0.25, -0.2) is 4.39 Å². The number of ether oxygens (including phenoxy) is 2. The number of methoxy groups -OCH3 is 1. The molecule has 1 atom stereocenters. The highest BCUT2D eigenvalue weighted by Gasteiger charge is 2.23.